The molecule has 1 aromatic heterocycles. The van der Waals surface area contributed by atoms with Gasteiger partial charge in [-0.25, -0.2) is 4.98 Å². The lowest BCUT2D eigenvalue weighted by Gasteiger charge is -2.17. The van der Waals surface area contributed by atoms with Gasteiger partial charge in [0.05, 0.1) is 10.7 Å². The Balaban J connectivity index is 1.90. The summed E-state index contributed by atoms with van der Waals surface area (Å²) in [6, 6.07) is 12.3. The van der Waals surface area contributed by atoms with Gasteiger partial charge >= 0.3 is 0 Å². The summed E-state index contributed by atoms with van der Waals surface area (Å²) in [5.41, 5.74) is 9.12. The molecule has 0 aliphatic carbocycles. The highest BCUT2D eigenvalue weighted by Crippen LogP contribution is 2.28. The van der Waals surface area contributed by atoms with Crippen molar-refractivity contribution in [1.29, 1.82) is 0 Å². The lowest BCUT2D eigenvalue weighted by Crippen LogP contribution is -2.17. The van der Waals surface area contributed by atoms with Crippen molar-refractivity contribution in [2.75, 3.05) is 4.90 Å². The summed E-state index contributed by atoms with van der Waals surface area (Å²) < 4.78 is 0. The van der Waals surface area contributed by atoms with Crippen molar-refractivity contribution in [3.63, 3.8) is 0 Å². The van der Waals surface area contributed by atoms with Crippen molar-refractivity contribution < 1.29 is 0 Å². The number of halogens is 1. The average Bonchev–Trinajstić information content (AvgIpc) is 2.83. The second-order valence-corrected chi connectivity index (χ2v) is 4.83. The number of aromatic nitrogens is 1. The third kappa shape index (κ3) is 1.96. The average molecular weight is 260 g/mol. The predicted octanol–water partition coefficient (Wildman–Crippen LogP) is 2.71. The summed E-state index contributed by atoms with van der Waals surface area (Å²) in [4.78, 5) is 6.76. The Morgan fingerprint density at radius 2 is 1.78 bits per heavy atom. The first kappa shape index (κ1) is 11.5. The zero-order chi connectivity index (χ0) is 12.5. The molecule has 0 saturated heterocycles. The molecule has 1 aliphatic heterocycles. The molecule has 18 heavy (non-hydrogen) atoms. The Labute approximate surface area is 111 Å². The number of anilines is 1. The van der Waals surface area contributed by atoms with Crippen molar-refractivity contribution in [3.05, 3.63) is 58.2 Å². The number of hydrogen-bond donors (Lipinski definition) is 1. The maximum atomic E-state index is 6.03. The summed E-state index contributed by atoms with van der Waals surface area (Å²) in [6.07, 6.45) is 0. The van der Waals surface area contributed by atoms with Crippen LogP contribution in [0.3, 0.4) is 0 Å². The van der Waals surface area contributed by atoms with Crippen LogP contribution in [0.4, 0.5) is 5.82 Å². The van der Waals surface area contributed by atoms with E-state index in [9.17, 15) is 0 Å². The minimum Gasteiger partial charge on any atom is -0.348 e. The number of hydrogen-bond acceptors (Lipinski definition) is 3. The topological polar surface area (TPSA) is 42.1 Å². The fraction of sp³-hybridized carbons (Fsp3) is 0.214. The molecule has 0 fully saturated rings. The van der Waals surface area contributed by atoms with Crippen molar-refractivity contribution in [2.24, 2.45) is 5.73 Å². The highest BCUT2D eigenvalue weighted by atomic mass is 35.5. The smallest absolute Gasteiger partial charge is 0.129 e. The second-order valence-electron chi connectivity index (χ2n) is 4.43. The van der Waals surface area contributed by atoms with Crippen LogP contribution in [0.15, 0.2) is 36.4 Å². The van der Waals surface area contributed by atoms with E-state index < -0.39 is 0 Å². The van der Waals surface area contributed by atoms with E-state index in [-0.39, 0.29) is 0 Å². The molecule has 0 saturated carbocycles. The summed E-state index contributed by atoms with van der Waals surface area (Å²) >= 11 is 6.03. The van der Waals surface area contributed by atoms with Gasteiger partial charge in [0.2, 0.25) is 0 Å². The molecule has 2 aromatic rings. The maximum Gasteiger partial charge on any atom is 0.129 e. The molecule has 0 amide bonds. The molecule has 2 N–H and O–H groups in total. The van der Waals surface area contributed by atoms with Crippen LogP contribution in [0.2, 0.25) is 5.02 Å². The summed E-state index contributed by atoms with van der Waals surface area (Å²) in [7, 11) is 0. The van der Waals surface area contributed by atoms with Crippen LogP contribution >= 0.6 is 11.6 Å². The molecule has 0 unspecified atom stereocenters. The van der Waals surface area contributed by atoms with Gasteiger partial charge in [0.25, 0.3) is 0 Å². The number of rotatable bonds is 2. The third-order valence-electron chi connectivity index (χ3n) is 3.26. The van der Waals surface area contributed by atoms with Crippen LogP contribution in [0, 0.1) is 0 Å². The molecule has 0 radical (unpaired) electrons. The molecular formula is C14H14ClN3. The van der Waals surface area contributed by atoms with E-state index in [1.165, 1.54) is 11.1 Å². The van der Waals surface area contributed by atoms with Gasteiger partial charge in [0.15, 0.2) is 0 Å². The van der Waals surface area contributed by atoms with E-state index >= 15 is 0 Å². The number of fused-ring (bicyclic) bond motifs is 1. The molecular weight excluding hydrogens is 246 g/mol. The summed E-state index contributed by atoms with van der Waals surface area (Å²) in [5.74, 6) is 0.941. The number of benzene rings is 1. The van der Waals surface area contributed by atoms with Gasteiger partial charge in [0, 0.05) is 19.6 Å². The summed E-state index contributed by atoms with van der Waals surface area (Å²) in [6.45, 7) is 2.16. The van der Waals surface area contributed by atoms with Crippen LogP contribution in [0.1, 0.15) is 16.8 Å². The third-order valence-corrected chi connectivity index (χ3v) is 3.61. The zero-order valence-corrected chi connectivity index (χ0v) is 10.7. The minimum atomic E-state index is 0.369. The van der Waals surface area contributed by atoms with E-state index in [1.807, 2.05) is 12.1 Å². The number of nitrogens with two attached hydrogens (primary N) is 1. The first-order valence-corrected chi connectivity index (χ1v) is 6.33. The van der Waals surface area contributed by atoms with Gasteiger partial charge in [-0.2, -0.15) is 0 Å². The molecule has 2 heterocycles. The van der Waals surface area contributed by atoms with Crippen molar-refractivity contribution in [1.82, 2.24) is 4.98 Å². The lowest BCUT2D eigenvalue weighted by atomic mass is 10.1. The zero-order valence-electron chi connectivity index (χ0n) is 9.94. The molecule has 4 heteroatoms. The molecule has 0 atom stereocenters. The Morgan fingerprint density at radius 1 is 1.11 bits per heavy atom. The highest BCUT2D eigenvalue weighted by Gasteiger charge is 2.19. The van der Waals surface area contributed by atoms with Gasteiger partial charge in [-0.3, -0.25) is 0 Å². The molecule has 92 valence electrons. The summed E-state index contributed by atoms with van der Waals surface area (Å²) in [5, 5.41) is 0.637. The molecule has 1 aliphatic rings. The van der Waals surface area contributed by atoms with E-state index in [4.69, 9.17) is 17.3 Å². The largest absolute Gasteiger partial charge is 0.348 e. The minimum absolute atomic E-state index is 0.369. The Bertz CT molecular complexity index is 558. The normalized spacial score (nSPS) is 13.8. The standard InChI is InChI=1S/C14H14ClN3/c15-12-5-6-14(17-13(12)7-16)18-8-10-3-1-2-4-11(10)9-18/h1-6H,7-9,16H2. The molecule has 3 rings (SSSR count). The number of pyridine rings is 1. The van der Waals surface area contributed by atoms with Gasteiger partial charge in [-0.05, 0) is 23.3 Å². The quantitative estimate of drug-likeness (QED) is 0.902. The van der Waals surface area contributed by atoms with Crippen LogP contribution < -0.4 is 10.6 Å². The first-order chi connectivity index (χ1) is 8.78. The molecule has 0 bridgehead atoms. The highest BCUT2D eigenvalue weighted by molar-refractivity contribution is 6.31. The van der Waals surface area contributed by atoms with Crippen LogP contribution in [-0.4, -0.2) is 4.98 Å². The first-order valence-electron chi connectivity index (χ1n) is 5.95. The van der Waals surface area contributed by atoms with Gasteiger partial charge in [0.1, 0.15) is 5.82 Å². The van der Waals surface area contributed by atoms with E-state index in [2.05, 4.69) is 34.1 Å². The Kier molecular flexibility index (Phi) is 2.94. The monoisotopic (exact) mass is 259 g/mol. The van der Waals surface area contributed by atoms with Crippen molar-refractivity contribution in [3.8, 4) is 0 Å². The maximum absolute atomic E-state index is 6.03. The number of nitrogens with zero attached hydrogens (tertiary/aromatic N) is 2. The van der Waals surface area contributed by atoms with Gasteiger partial charge in [-0.15, -0.1) is 0 Å². The van der Waals surface area contributed by atoms with Crippen molar-refractivity contribution >= 4 is 17.4 Å². The fourth-order valence-electron chi connectivity index (χ4n) is 2.29. The molecule has 0 spiro atoms. The van der Waals surface area contributed by atoms with Crippen LogP contribution in [-0.2, 0) is 19.6 Å². The van der Waals surface area contributed by atoms with E-state index in [0.29, 0.717) is 11.6 Å². The van der Waals surface area contributed by atoms with Crippen LogP contribution in [0.25, 0.3) is 0 Å². The van der Waals surface area contributed by atoms with E-state index in [1.54, 1.807) is 0 Å². The van der Waals surface area contributed by atoms with Crippen molar-refractivity contribution in [2.45, 2.75) is 19.6 Å². The Hall–Kier alpha value is -1.58. The van der Waals surface area contributed by atoms with Gasteiger partial charge < -0.3 is 10.6 Å². The second kappa shape index (κ2) is 4.59. The van der Waals surface area contributed by atoms with Gasteiger partial charge in [-0.1, -0.05) is 35.9 Å². The Morgan fingerprint density at radius 3 is 2.39 bits per heavy atom. The predicted molar refractivity (Wildman–Crippen MR) is 73.5 cm³/mol. The van der Waals surface area contributed by atoms with E-state index in [0.717, 1.165) is 24.6 Å². The lowest BCUT2D eigenvalue weighted by molar-refractivity contribution is 0.843. The molecule has 1 aromatic carbocycles. The molecule has 3 nitrogen and oxygen atoms in total. The fourth-order valence-corrected chi connectivity index (χ4v) is 2.47. The SMILES string of the molecule is NCc1nc(N2Cc3ccccc3C2)ccc1Cl. The van der Waals surface area contributed by atoms with Crippen LogP contribution in [0.5, 0.6) is 0 Å².